The Labute approximate surface area is 138 Å². The van der Waals surface area contributed by atoms with E-state index < -0.39 is 5.97 Å². The zero-order valence-corrected chi connectivity index (χ0v) is 13.3. The first kappa shape index (κ1) is 14.7. The summed E-state index contributed by atoms with van der Waals surface area (Å²) in [5.74, 6) is 0.259. The van der Waals surface area contributed by atoms with Crippen molar-refractivity contribution in [3.63, 3.8) is 0 Å². The summed E-state index contributed by atoms with van der Waals surface area (Å²) in [6, 6.07) is 9.79. The number of hydrogen-bond donors (Lipinski definition) is 1. The first-order chi connectivity index (χ1) is 11.7. The van der Waals surface area contributed by atoms with Crippen LogP contribution in [0.1, 0.15) is 24.5 Å². The van der Waals surface area contributed by atoms with E-state index in [0.717, 1.165) is 40.8 Å². The first-order valence-electron chi connectivity index (χ1n) is 7.89. The summed E-state index contributed by atoms with van der Waals surface area (Å²) >= 11 is 0. The number of carboxylic acids is 1. The fraction of sp³-hybridized carbons (Fsp3) is 0.278. The topological polar surface area (TPSA) is 77.2 Å². The molecule has 1 aliphatic carbocycles. The molecule has 24 heavy (non-hydrogen) atoms. The first-order valence-corrected chi connectivity index (χ1v) is 7.89. The van der Waals surface area contributed by atoms with Gasteiger partial charge in [-0.1, -0.05) is 12.1 Å². The third-order valence-corrected chi connectivity index (χ3v) is 4.29. The quantitative estimate of drug-likeness (QED) is 0.781. The average Bonchev–Trinajstić information content (AvgIpc) is 3.37. The van der Waals surface area contributed by atoms with Gasteiger partial charge in [-0.25, -0.2) is 9.67 Å². The Morgan fingerprint density at radius 2 is 2.21 bits per heavy atom. The maximum Gasteiger partial charge on any atom is 0.325 e. The maximum absolute atomic E-state index is 11.1. The molecule has 0 aliphatic heterocycles. The predicted molar refractivity (Wildman–Crippen MR) is 89.1 cm³/mol. The van der Waals surface area contributed by atoms with E-state index >= 15 is 0 Å². The van der Waals surface area contributed by atoms with Gasteiger partial charge in [0.1, 0.15) is 12.3 Å². The van der Waals surface area contributed by atoms with E-state index in [1.807, 2.05) is 30.3 Å². The second-order valence-electron chi connectivity index (χ2n) is 6.00. The van der Waals surface area contributed by atoms with Crippen LogP contribution in [0.5, 0.6) is 5.75 Å². The second kappa shape index (κ2) is 5.63. The minimum atomic E-state index is -0.921. The van der Waals surface area contributed by atoms with Crippen LogP contribution in [0.4, 0.5) is 0 Å². The molecule has 2 heterocycles. The van der Waals surface area contributed by atoms with Crippen molar-refractivity contribution in [1.29, 1.82) is 0 Å². The van der Waals surface area contributed by atoms with Crippen LogP contribution in [0.3, 0.4) is 0 Å². The molecule has 0 spiro atoms. The summed E-state index contributed by atoms with van der Waals surface area (Å²) in [6.07, 6.45) is 3.88. The number of carbonyl (C=O) groups is 1. The lowest BCUT2D eigenvalue weighted by molar-refractivity contribution is -0.137. The summed E-state index contributed by atoms with van der Waals surface area (Å²) < 4.78 is 6.82. The van der Waals surface area contributed by atoms with Crippen LogP contribution in [-0.4, -0.2) is 33.0 Å². The van der Waals surface area contributed by atoms with Crippen molar-refractivity contribution in [3.05, 3.63) is 42.2 Å². The molecule has 2 aromatic heterocycles. The molecule has 1 aliphatic rings. The van der Waals surface area contributed by atoms with E-state index in [1.165, 1.54) is 4.68 Å². The van der Waals surface area contributed by atoms with E-state index in [9.17, 15) is 4.79 Å². The van der Waals surface area contributed by atoms with Crippen LogP contribution in [0.2, 0.25) is 0 Å². The fourth-order valence-corrected chi connectivity index (χ4v) is 3.04. The smallest absolute Gasteiger partial charge is 0.325 e. The van der Waals surface area contributed by atoms with Gasteiger partial charge in [0, 0.05) is 12.1 Å². The van der Waals surface area contributed by atoms with Gasteiger partial charge in [0.15, 0.2) is 5.65 Å². The Hall–Kier alpha value is -2.89. The number of carboxylic acid groups (broad SMARTS) is 1. The molecular formula is C18H17N3O3. The highest BCUT2D eigenvalue weighted by Crippen LogP contribution is 2.44. The van der Waals surface area contributed by atoms with Gasteiger partial charge < -0.3 is 9.84 Å². The number of methoxy groups -OCH3 is 1. The Bertz CT molecular complexity index is 928. The summed E-state index contributed by atoms with van der Waals surface area (Å²) in [4.78, 5) is 15.5. The van der Waals surface area contributed by atoms with E-state index in [0.29, 0.717) is 11.6 Å². The number of benzene rings is 1. The third-order valence-electron chi connectivity index (χ3n) is 4.29. The molecule has 0 amide bonds. The maximum atomic E-state index is 11.1. The third kappa shape index (κ3) is 2.50. The number of fused-ring (bicyclic) bond motifs is 1. The van der Waals surface area contributed by atoms with Gasteiger partial charge in [0.2, 0.25) is 0 Å². The number of rotatable bonds is 5. The monoisotopic (exact) mass is 323 g/mol. The lowest BCUT2D eigenvalue weighted by atomic mass is 10.0. The predicted octanol–water partition coefficient (Wildman–Crippen LogP) is 3.07. The van der Waals surface area contributed by atoms with Crippen LogP contribution >= 0.6 is 0 Å². The van der Waals surface area contributed by atoms with Crippen molar-refractivity contribution in [2.75, 3.05) is 7.11 Å². The molecule has 0 unspecified atom stereocenters. The molecule has 3 aromatic rings. The lowest BCUT2D eigenvalue weighted by Gasteiger charge is -2.07. The Balaban J connectivity index is 1.95. The van der Waals surface area contributed by atoms with Gasteiger partial charge in [-0.15, -0.1) is 0 Å². The van der Waals surface area contributed by atoms with Crippen molar-refractivity contribution >= 4 is 17.0 Å². The molecule has 0 atom stereocenters. The standard InChI is InChI=1S/C18H17N3O3/c1-24-13-4-2-3-12(9-13)14-7-8-19-18-16(14)17(11-5-6-11)20-21(18)10-15(22)23/h2-4,7-9,11H,5-6,10H2,1H3,(H,22,23). The normalized spacial score (nSPS) is 14.0. The van der Waals surface area contributed by atoms with Crippen molar-refractivity contribution < 1.29 is 14.6 Å². The SMILES string of the molecule is COc1cccc(-c2ccnc3c2c(C2CC2)nn3CC(=O)O)c1. The Kier molecular flexibility index (Phi) is 3.45. The summed E-state index contributed by atoms with van der Waals surface area (Å²) in [5.41, 5.74) is 3.60. The van der Waals surface area contributed by atoms with Crippen LogP contribution in [0, 0.1) is 0 Å². The van der Waals surface area contributed by atoms with Gasteiger partial charge >= 0.3 is 5.97 Å². The van der Waals surface area contributed by atoms with Crippen LogP contribution in [0.15, 0.2) is 36.5 Å². The molecular weight excluding hydrogens is 306 g/mol. The zero-order chi connectivity index (χ0) is 16.7. The van der Waals surface area contributed by atoms with Crippen LogP contribution < -0.4 is 4.74 Å². The molecule has 0 radical (unpaired) electrons. The molecule has 0 saturated heterocycles. The lowest BCUT2D eigenvalue weighted by Crippen LogP contribution is -2.10. The summed E-state index contributed by atoms with van der Waals surface area (Å²) in [6.45, 7) is -0.183. The molecule has 1 aromatic carbocycles. The van der Waals surface area contributed by atoms with Gasteiger partial charge in [-0.3, -0.25) is 4.79 Å². The molecule has 6 heteroatoms. The largest absolute Gasteiger partial charge is 0.497 e. The van der Waals surface area contributed by atoms with Gasteiger partial charge in [-0.2, -0.15) is 5.10 Å². The molecule has 1 N–H and O–H groups in total. The number of aromatic nitrogens is 3. The number of pyridine rings is 1. The van der Waals surface area contributed by atoms with Crippen LogP contribution in [0.25, 0.3) is 22.2 Å². The van der Waals surface area contributed by atoms with E-state index in [2.05, 4.69) is 10.1 Å². The minimum absolute atomic E-state index is 0.183. The van der Waals surface area contributed by atoms with Crippen molar-refractivity contribution in [2.45, 2.75) is 25.3 Å². The number of hydrogen-bond acceptors (Lipinski definition) is 4. The van der Waals surface area contributed by atoms with Crippen molar-refractivity contribution in [1.82, 2.24) is 14.8 Å². The average molecular weight is 323 g/mol. The number of aliphatic carboxylic acids is 1. The van der Waals surface area contributed by atoms with E-state index in [-0.39, 0.29) is 6.54 Å². The number of ether oxygens (including phenoxy) is 1. The van der Waals surface area contributed by atoms with Crippen molar-refractivity contribution in [3.8, 4) is 16.9 Å². The summed E-state index contributed by atoms with van der Waals surface area (Å²) in [7, 11) is 1.64. The van der Waals surface area contributed by atoms with Gasteiger partial charge in [-0.05, 0) is 42.2 Å². The highest BCUT2D eigenvalue weighted by atomic mass is 16.5. The van der Waals surface area contributed by atoms with Crippen LogP contribution in [-0.2, 0) is 11.3 Å². The summed E-state index contributed by atoms with van der Waals surface area (Å²) in [5, 5.41) is 14.7. The second-order valence-corrected chi connectivity index (χ2v) is 6.00. The van der Waals surface area contributed by atoms with Gasteiger partial charge in [0.25, 0.3) is 0 Å². The van der Waals surface area contributed by atoms with E-state index in [4.69, 9.17) is 9.84 Å². The molecule has 4 rings (SSSR count). The molecule has 122 valence electrons. The highest BCUT2D eigenvalue weighted by Gasteiger charge is 2.31. The molecule has 6 nitrogen and oxygen atoms in total. The Morgan fingerprint density at radius 3 is 2.92 bits per heavy atom. The molecule has 1 fully saturated rings. The zero-order valence-electron chi connectivity index (χ0n) is 13.3. The van der Waals surface area contributed by atoms with E-state index in [1.54, 1.807) is 13.3 Å². The molecule has 1 saturated carbocycles. The molecule has 0 bridgehead atoms. The highest BCUT2D eigenvalue weighted by molar-refractivity contribution is 5.96. The van der Waals surface area contributed by atoms with Crippen molar-refractivity contribution in [2.24, 2.45) is 0 Å². The Morgan fingerprint density at radius 1 is 1.38 bits per heavy atom. The van der Waals surface area contributed by atoms with Gasteiger partial charge in [0.05, 0.1) is 18.2 Å². The number of nitrogens with zero attached hydrogens (tertiary/aromatic N) is 3. The fourth-order valence-electron chi connectivity index (χ4n) is 3.04. The minimum Gasteiger partial charge on any atom is -0.497 e.